The number of nitrogens with zero attached hydrogens (tertiary/aromatic N) is 2. The van der Waals surface area contributed by atoms with Crippen molar-refractivity contribution in [2.45, 2.75) is 25.2 Å². The van der Waals surface area contributed by atoms with Crippen LogP contribution in [0.25, 0.3) is 0 Å². The summed E-state index contributed by atoms with van der Waals surface area (Å²) < 4.78 is 1.89. The molecule has 0 saturated heterocycles. The van der Waals surface area contributed by atoms with Crippen molar-refractivity contribution < 1.29 is 4.79 Å². The van der Waals surface area contributed by atoms with E-state index in [-0.39, 0.29) is 5.41 Å². The van der Waals surface area contributed by atoms with Crippen molar-refractivity contribution in [1.82, 2.24) is 9.55 Å². The quantitative estimate of drug-likeness (QED) is 0.617. The average molecular weight is 164 g/mol. The smallest absolute Gasteiger partial charge is 0.168 e. The molecule has 1 heterocycles. The highest BCUT2D eigenvalue weighted by Crippen LogP contribution is 2.46. The zero-order valence-electron chi connectivity index (χ0n) is 7.37. The molecule has 1 aromatic heterocycles. The molecule has 1 aliphatic rings. The number of hydrogen-bond donors (Lipinski definition) is 0. The molecule has 2 rings (SSSR count). The third-order valence-electron chi connectivity index (χ3n) is 2.68. The van der Waals surface area contributed by atoms with Gasteiger partial charge in [-0.1, -0.05) is 6.92 Å². The summed E-state index contributed by atoms with van der Waals surface area (Å²) in [6.45, 7) is 2.18. The maximum Gasteiger partial charge on any atom is 0.168 e. The highest BCUT2D eigenvalue weighted by atomic mass is 16.1. The lowest BCUT2D eigenvalue weighted by atomic mass is 10.1. The van der Waals surface area contributed by atoms with Gasteiger partial charge >= 0.3 is 0 Å². The Balaban J connectivity index is 2.45. The van der Waals surface area contributed by atoms with E-state index in [1.807, 2.05) is 11.6 Å². The van der Waals surface area contributed by atoms with Crippen molar-refractivity contribution >= 4 is 6.29 Å². The van der Waals surface area contributed by atoms with E-state index in [0.29, 0.717) is 5.69 Å². The first kappa shape index (κ1) is 7.53. The molecule has 0 bridgehead atoms. The predicted molar refractivity (Wildman–Crippen MR) is 45.2 cm³/mol. The maximum absolute atomic E-state index is 10.5. The summed E-state index contributed by atoms with van der Waals surface area (Å²) in [6, 6.07) is 0. The Morgan fingerprint density at radius 3 is 2.75 bits per heavy atom. The molecule has 0 aromatic carbocycles. The summed E-state index contributed by atoms with van der Waals surface area (Å²) in [5.74, 6) is 1.05. The molecule has 0 radical (unpaired) electrons. The van der Waals surface area contributed by atoms with Crippen LogP contribution in [0.1, 0.15) is 36.1 Å². The van der Waals surface area contributed by atoms with Gasteiger partial charge in [-0.3, -0.25) is 4.79 Å². The van der Waals surface area contributed by atoms with E-state index in [0.717, 1.165) is 12.1 Å². The molecule has 12 heavy (non-hydrogen) atoms. The normalized spacial score (nSPS) is 19.2. The summed E-state index contributed by atoms with van der Waals surface area (Å²) in [7, 11) is 1.90. The van der Waals surface area contributed by atoms with Gasteiger partial charge < -0.3 is 4.57 Å². The Hall–Kier alpha value is -1.12. The van der Waals surface area contributed by atoms with E-state index in [1.165, 1.54) is 12.8 Å². The number of aromatic nitrogens is 2. The first-order chi connectivity index (χ1) is 5.67. The first-order valence-electron chi connectivity index (χ1n) is 4.15. The molecule has 0 unspecified atom stereocenters. The third-order valence-corrected chi connectivity index (χ3v) is 2.68. The van der Waals surface area contributed by atoms with Gasteiger partial charge in [-0.05, 0) is 12.8 Å². The SMILES string of the molecule is Cn1c(C=O)cnc1C1(C)CC1. The zero-order chi connectivity index (χ0) is 8.77. The molecular weight excluding hydrogens is 152 g/mol. The minimum atomic E-state index is 0.246. The van der Waals surface area contributed by atoms with Crippen LogP contribution in [0.5, 0.6) is 0 Å². The Kier molecular flexibility index (Phi) is 1.37. The fourth-order valence-corrected chi connectivity index (χ4v) is 1.50. The molecule has 0 atom stereocenters. The number of carbonyl (C=O) groups excluding carboxylic acids is 1. The van der Waals surface area contributed by atoms with Crippen LogP contribution in [0, 0.1) is 0 Å². The van der Waals surface area contributed by atoms with Crippen LogP contribution in [-0.2, 0) is 12.5 Å². The molecule has 1 aliphatic carbocycles. The van der Waals surface area contributed by atoms with Crippen molar-refractivity contribution in [2.24, 2.45) is 7.05 Å². The van der Waals surface area contributed by atoms with Gasteiger partial charge in [0.05, 0.1) is 6.20 Å². The Labute approximate surface area is 71.4 Å². The van der Waals surface area contributed by atoms with Crippen LogP contribution in [0.4, 0.5) is 0 Å². The first-order valence-corrected chi connectivity index (χ1v) is 4.15. The van der Waals surface area contributed by atoms with E-state index in [1.54, 1.807) is 6.20 Å². The van der Waals surface area contributed by atoms with Gasteiger partial charge in [0.25, 0.3) is 0 Å². The second-order valence-electron chi connectivity index (χ2n) is 3.74. The highest BCUT2D eigenvalue weighted by molar-refractivity contribution is 5.71. The summed E-state index contributed by atoms with van der Waals surface area (Å²) in [4.78, 5) is 14.8. The summed E-state index contributed by atoms with van der Waals surface area (Å²) in [5, 5.41) is 0. The predicted octanol–water partition coefficient (Wildman–Crippen LogP) is 1.28. The van der Waals surface area contributed by atoms with Crippen molar-refractivity contribution in [3.05, 3.63) is 17.7 Å². The Morgan fingerprint density at radius 2 is 2.33 bits per heavy atom. The molecule has 1 fully saturated rings. The van der Waals surface area contributed by atoms with Gasteiger partial charge in [-0.15, -0.1) is 0 Å². The van der Waals surface area contributed by atoms with Crippen LogP contribution in [-0.4, -0.2) is 15.8 Å². The molecule has 1 aromatic rings. The number of hydrogen-bond acceptors (Lipinski definition) is 2. The maximum atomic E-state index is 10.5. The molecule has 64 valence electrons. The summed E-state index contributed by atoms with van der Waals surface area (Å²) in [5.41, 5.74) is 0.911. The van der Waals surface area contributed by atoms with Gasteiger partial charge in [0.2, 0.25) is 0 Å². The molecule has 1 saturated carbocycles. The fourth-order valence-electron chi connectivity index (χ4n) is 1.50. The second-order valence-corrected chi connectivity index (χ2v) is 3.74. The van der Waals surface area contributed by atoms with Crippen LogP contribution in [0.15, 0.2) is 6.20 Å². The standard InChI is InChI=1S/C9H12N2O/c1-9(3-4-9)8-10-5-7(6-12)11(8)2/h5-6H,3-4H2,1-2H3. The lowest BCUT2D eigenvalue weighted by Crippen LogP contribution is -2.10. The van der Waals surface area contributed by atoms with Crippen LogP contribution in [0.2, 0.25) is 0 Å². The largest absolute Gasteiger partial charge is 0.329 e. The van der Waals surface area contributed by atoms with E-state index >= 15 is 0 Å². The molecule has 0 amide bonds. The van der Waals surface area contributed by atoms with E-state index in [9.17, 15) is 4.79 Å². The van der Waals surface area contributed by atoms with Crippen molar-refractivity contribution in [1.29, 1.82) is 0 Å². The molecule has 3 heteroatoms. The molecular formula is C9H12N2O. The molecule has 0 spiro atoms. The third kappa shape index (κ3) is 0.891. The van der Waals surface area contributed by atoms with Crippen LogP contribution >= 0.6 is 0 Å². The zero-order valence-corrected chi connectivity index (χ0v) is 7.37. The van der Waals surface area contributed by atoms with Crippen LogP contribution < -0.4 is 0 Å². The topological polar surface area (TPSA) is 34.9 Å². The molecule has 0 N–H and O–H groups in total. The molecule has 3 nitrogen and oxygen atoms in total. The van der Waals surface area contributed by atoms with Crippen molar-refractivity contribution in [3.8, 4) is 0 Å². The van der Waals surface area contributed by atoms with Gasteiger partial charge in [-0.2, -0.15) is 0 Å². The minimum Gasteiger partial charge on any atom is -0.329 e. The number of aldehydes is 1. The Bertz CT molecular complexity index is 323. The van der Waals surface area contributed by atoms with Gasteiger partial charge in [0.15, 0.2) is 6.29 Å². The monoisotopic (exact) mass is 164 g/mol. The summed E-state index contributed by atoms with van der Waals surface area (Å²) >= 11 is 0. The number of rotatable bonds is 2. The Morgan fingerprint density at radius 1 is 1.67 bits per heavy atom. The highest BCUT2D eigenvalue weighted by Gasteiger charge is 2.42. The van der Waals surface area contributed by atoms with Crippen LogP contribution in [0.3, 0.4) is 0 Å². The van der Waals surface area contributed by atoms with E-state index < -0.39 is 0 Å². The number of carbonyl (C=O) groups is 1. The fraction of sp³-hybridized carbons (Fsp3) is 0.556. The lowest BCUT2D eigenvalue weighted by molar-refractivity contribution is 0.111. The van der Waals surface area contributed by atoms with Crippen molar-refractivity contribution in [3.63, 3.8) is 0 Å². The van der Waals surface area contributed by atoms with Gasteiger partial charge in [0.1, 0.15) is 11.5 Å². The van der Waals surface area contributed by atoms with Gasteiger partial charge in [-0.25, -0.2) is 4.98 Å². The average Bonchev–Trinajstić information content (AvgIpc) is 2.65. The number of imidazole rings is 1. The van der Waals surface area contributed by atoms with E-state index in [4.69, 9.17) is 0 Å². The minimum absolute atomic E-state index is 0.246. The second kappa shape index (κ2) is 2.19. The van der Waals surface area contributed by atoms with E-state index in [2.05, 4.69) is 11.9 Å². The molecule has 0 aliphatic heterocycles. The van der Waals surface area contributed by atoms with Gasteiger partial charge in [0, 0.05) is 12.5 Å². The summed E-state index contributed by atoms with van der Waals surface area (Å²) in [6.07, 6.45) is 4.88. The van der Waals surface area contributed by atoms with Crippen molar-refractivity contribution in [2.75, 3.05) is 0 Å². The lowest BCUT2D eigenvalue weighted by Gasteiger charge is -2.07.